The van der Waals surface area contributed by atoms with Gasteiger partial charge in [-0.15, -0.1) is 11.3 Å². The van der Waals surface area contributed by atoms with Crippen molar-refractivity contribution >= 4 is 34.0 Å². The van der Waals surface area contributed by atoms with E-state index >= 15 is 0 Å². The Morgan fingerprint density at radius 2 is 1.97 bits per heavy atom. The molecule has 1 atom stereocenters. The van der Waals surface area contributed by atoms with Crippen LogP contribution >= 0.6 is 11.3 Å². The van der Waals surface area contributed by atoms with Crippen molar-refractivity contribution < 1.29 is 14.0 Å². The van der Waals surface area contributed by atoms with E-state index in [0.29, 0.717) is 17.8 Å². The molecule has 190 valence electrons. The average Bonchev–Trinajstić information content (AvgIpc) is 3.52. The van der Waals surface area contributed by atoms with E-state index < -0.39 is 0 Å². The van der Waals surface area contributed by atoms with Gasteiger partial charge in [-0.25, -0.2) is 9.97 Å². The van der Waals surface area contributed by atoms with Gasteiger partial charge in [0, 0.05) is 53.3 Å². The number of anilines is 2. The second kappa shape index (κ2) is 11.1. The molecular formula is C27H33N5O3S. The molecular weight excluding hydrogens is 474 g/mol. The smallest absolute Gasteiger partial charge is 0.253 e. The number of nitrogens with one attached hydrogen (secondary N) is 2. The first-order valence-corrected chi connectivity index (χ1v) is 13.0. The van der Waals surface area contributed by atoms with E-state index in [1.165, 1.54) is 11.0 Å². The lowest BCUT2D eigenvalue weighted by atomic mass is 9.94. The number of carbonyl (C=O) groups is 2. The number of amides is 2. The molecule has 2 N–H and O–H groups in total. The summed E-state index contributed by atoms with van der Waals surface area (Å²) in [6, 6.07) is 7.09. The number of hydrogen-bond acceptors (Lipinski definition) is 7. The second-order valence-corrected chi connectivity index (χ2v) is 11.1. The normalized spacial score (nSPS) is 16.0. The SMILES string of the molecule is C=CC(=O)Nc1ccc(C(=O)N2CCC[C@@H](Nc3ncc(CCc4ncc(C(C)(C)C)o4)s3)C2)cc1. The molecule has 0 spiro atoms. The van der Waals surface area contributed by atoms with Crippen molar-refractivity contribution in [1.29, 1.82) is 0 Å². The molecule has 0 radical (unpaired) electrons. The van der Waals surface area contributed by atoms with Gasteiger partial charge in [0.1, 0.15) is 5.76 Å². The lowest BCUT2D eigenvalue weighted by Gasteiger charge is -2.33. The molecule has 0 saturated carbocycles. The van der Waals surface area contributed by atoms with Crippen LogP contribution in [-0.2, 0) is 23.1 Å². The van der Waals surface area contributed by atoms with Crippen LogP contribution in [-0.4, -0.2) is 45.8 Å². The van der Waals surface area contributed by atoms with Crippen LogP contribution in [0, 0.1) is 0 Å². The number of rotatable bonds is 8. The summed E-state index contributed by atoms with van der Waals surface area (Å²) in [5.41, 5.74) is 1.19. The summed E-state index contributed by atoms with van der Waals surface area (Å²) in [6.07, 6.45) is 8.40. The summed E-state index contributed by atoms with van der Waals surface area (Å²) in [5, 5.41) is 7.08. The van der Waals surface area contributed by atoms with Gasteiger partial charge < -0.3 is 20.0 Å². The number of carbonyl (C=O) groups excluding carboxylic acids is 2. The van der Waals surface area contributed by atoms with Gasteiger partial charge in [-0.2, -0.15) is 0 Å². The van der Waals surface area contributed by atoms with Crippen molar-refractivity contribution in [3.63, 3.8) is 0 Å². The standard InChI is InChI=1S/C27H33N5O3S/c1-5-23(33)30-19-10-8-18(9-11-19)25(34)32-14-6-7-20(17-32)31-26-29-15-21(36-26)12-13-24-28-16-22(35-24)27(2,3)4/h5,8-11,15-16,20H,1,6-7,12-14,17H2,2-4H3,(H,29,31)(H,30,33)/t20-/m1/s1. The van der Waals surface area contributed by atoms with E-state index in [2.05, 4.69) is 48.0 Å². The summed E-state index contributed by atoms with van der Waals surface area (Å²) in [5.74, 6) is 1.36. The quantitative estimate of drug-likeness (QED) is 0.414. The van der Waals surface area contributed by atoms with Gasteiger partial charge in [0.05, 0.1) is 6.20 Å². The van der Waals surface area contributed by atoms with Crippen molar-refractivity contribution in [2.45, 2.75) is 57.9 Å². The highest BCUT2D eigenvalue weighted by molar-refractivity contribution is 7.15. The molecule has 9 heteroatoms. The van der Waals surface area contributed by atoms with Crippen molar-refractivity contribution in [3.05, 3.63) is 71.4 Å². The highest BCUT2D eigenvalue weighted by Gasteiger charge is 2.25. The topological polar surface area (TPSA) is 100 Å². The molecule has 0 unspecified atom stereocenters. The van der Waals surface area contributed by atoms with Gasteiger partial charge in [-0.3, -0.25) is 9.59 Å². The Balaban J connectivity index is 1.29. The molecule has 36 heavy (non-hydrogen) atoms. The average molecular weight is 508 g/mol. The van der Waals surface area contributed by atoms with Gasteiger partial charge >= 0.3 is 0 Å². The Hall–Kier alpha value is -3.46. The molecule has 8 nitrogen and oxygen atoms in total. The first kappa shape index (κ1) is 25.6. The lowest BCUT2D eigenvalue weighted by Crippen LogP contribution is -2.45. The van der Waals surface area contributed by atoms with Crippen molar-refractivity contribution in [2.75, 3.05) is 23.7 Å². The van der Waals surface area contributed by atoms with E-state index in [-0.39, 0.29) is 23.3 Å². The number of nitrogens with zero attached hydrogens (tertiary/aromatic N) is 3. The minimum absolute atomic E-state index is 0.0106. The molecule has 1 aromatic carbocycles. The third kappa shape index (κ3) is 6.60. The van der Waals surface area contributed by atoms with E-state index in [0.717, 1.165) is 49.0 Å². The number of likely N-dealkylation sites (tertiary alicyclic amines) is 1. The molecule has 1 saturated heterocycles. The van der Waals surface area contributed by atoms with Gasteiger partial charge in [-0.05, 0) is 49.6 Å². The lowest BCUT2D eigenvalue weighted by molar-refractivity contribution is -0.111. The summed E-state index contributed by atoms with van der Waals surface area (Å²) >= 11 is 1.64. The predicted molar refractivity (Wildman–Crippen MR) is 143 cm³/mol. The van der Waals surface area contributed by atoms with Crippen molar-refractivity contribution in [2.24, 2.45) is 0 Å². The number of benzene rings is 1. The minimum atomic E-state index is -0.281. The zero-order valence-corrected chi connectivity index (χ0v) is 21.9. The Labute approximate surface area is 215 Å². The Morgan fingerprint density at radius 3 is 2.67 bits per heavy atom. The fourth-order valence-corrected chi connectivity index (χ4v) is 4.91. The van der Waals surface area contributed by atoms with Crippen LogP contribution in [0.25, 0.3) is 0 Å². The third-order valence-corrected chi connectivity index (χ3v) is 7.04. The van der Waals surface area contributed by atoms with Crippen LogP contribution in [0.1, 0.15) is 60.5 Å². The molecule has 0 aliphatic carbocycles. The highest BCUT2D eigenvalue weighted by atomic mass is 32.1. The number of piperidine rings is 1. The maximum Gasteiger partial charge on any atom is 0.253 e. The molecule has 2 aromatic heterocycles. The first-order chi connectivity index (χ1) is 17.2. The number of thiazole rings is 1. The van der Waals surface area contributed by atoms with Crippen molar-refractivity contribution in [1.82, 2.24) is 14.9 Å². The largest absolute Gasteiger partial charge is 0.445 e. The number of aryl methyl sites for hydroxylation is 2. The number of oxazole rings is 1. The van der Waals surface area contributed by atoms with Crippen molar-refractivity contribution in [3.8, 4) is 0 Å². The molecule has 1 aliphatic rings. The van der Waals surface area contributed by atoms with E-state index in [9.17, 15) is 9.59 Å². The summed E-state index contributed by atoms with van der Waals surface area (Å²) in [7, 11) is 0. The van der Waals surface area contributed by atoms with Crippen LogP contribution < -0.4 is 10.6 Å². The number of hydrogen-bond donors (Lipinski definition) is 2. The van der Waals surface area contributed by atoms with E-state index in [1.807, 2.05) is 17.3 Å². The highest BCUT2D eigenvalue weighted by Crippen LogP contribution is 2.26. The molecule has 0 bridgehead atoms. The van der Waals surface area contributed by atoms with E-state index in [4.69, 9.17) is 4.42 Å². The minimum Gasteiger partial charge on any atom is -0.445 e. The van der Waals surface area contributed by atoms with Crippen LogP contribution in [0.4, 0.5) is 10.8 Å². The van der Waals surface area contributed by atoms with Crippen LogP contribution in [0.2, 0.25) is 0 Å². The summed E-state index contributed by atoms with van der Waals surface area (Å²) < 4.78 is 5.89. The fourth-order valence-electron chi connectivity index (χ4n) is 4.02. The Morgan fingerprint density at radius 1 is 1.19 bits per heavy atom. The summed E-state index contributed by atoms with van der Waals surface area (Å²) in [6.45, 7) is 11.1. The fraction of sp³-hybridized carbons (Fsp3) is 0.407. The van der Waals surface area contributed by atoms with Gasteiger partial charge in [-0.1, -0.05) is 27.4 Å². The maximum absolute atomic E-state index is 13.0. The third-order valence-electron chi connectivity index (χ3n) is 6.05. The molecule has 1 fully saturated rings. The number of aromatic nitrogens is 2. The Bertz CT molecular complexity index is 1210. The zero-order valence-electron chi connectivity index (χ0n) is 21.0. The predicted octanol–water partition coefficient (Wildman–Crippen LogP) is 5.06. The molecule has 3 aromatic rings. The molecule has 3 heterocycles. The van der Waals surface area contributed by atoms with E-state index in [1.54, 1.807) is 35.6 Å². The first-order valence-electron chi connectivity index (χ1n) is 12.2. The van der Waals surface area contributed by atoms with Crippen LogP contribution in [0.3, 0.4) is 0 Å². The van der Waals surface area contributed by atoms with Crippen LogP contribution in [0.15, 0.2) is 53.7 Å². The molecule has 2 amide bonds. The zero-order chi connectivity index (χ0) is 25.7. The van der Waals surface area contributed by atoms with Gasteiger partial charge in [0.2, 0.25) is 5.91 Å². The monoisotopic (exact) mass is 507 g/mol. The maximum atomic E-state index is 13.0. The van der Waals surface area contributed by atoms with Gasteiger partial charge in [0.15, 0.2) is 11.0 Å². The second-order valence-electron chi connectivity index (χ2n) is 10.0. The molecule has 1 aliphatic heterocycles. The Kier molecular flexibility index (Phi) is 7.88. The summed E-state index contributed by atoms with van der Waals surface area (Å²) in [4.78, 5) is 36.5. The molecule has 4 rings (SSSR count). The van der Waals surface area contributed by atoms with Crippen LogP contribution in [0.5, 0.6) is 0 Å². The van der Waals surface area contributed by atoms with Gasteiger partial charge in [0.25, 0.3) is 5.91 Å².